The van der Waals surface area contributed by atoms with Crippen molar-refractivity contribution in [3.63, 3.8) is 0 Å². The van der Waals surface area contributed by atoms with E-state index in [1.165, 1.54) is 0 Å². The number of hydrogen-bond donors (Lipinski definition) is 1. The first-order chi connectivity index (χ1) is 14.8. The van der Waals surface area contributed by atoms with E-state index in [0.717, 1.165) is 36.3 Å². The molecule has 1 amide bonds. The van der Waals surface area contributed by atoms with Gasteiger partial charge in [-0.25, -0.2) is 4.79 Å². The van der Waals surface area contributed by atoms with Gasteiger partial charge in [0.2, 0.25) is 5.91 Å². The summed E-state index contributed by atoms with van der Waals surface area (Å²) in [6.45, 7) is 15.1. The second kappa shape index (κ2) is 14.4. The number of ether oxygens (including phenoxy) is 1. The molecule has 31 heavy (non-hydrogen) atoms. The van der Waals surface area contributed by atoms with Crippen molar-refractivity contribution in [3.8, 4) is 0 Å². The topological polar surface area (TPSA) is 58.6 Å². The maximum Gasteiger partial charge on any atom is 0.338 e. The van der Waals surface area contributed by atoms with Crippen LogP contribution in [-0.2, 0) is 9.53 Å². The van der Waals surface area contributed by atoms with E-state index in [9.17, 15) is 9.59 Å². The summed E-state index contributed by atoms with van der Waals surface area (Å²) in [6.07, 6.45) is 0.915. The molecule has 0 aliphatic heterocycles. The number of anilines is 1. The number of aryl methyl sites for hydroxylation is 2. The maximum absolute atomic E-state index is 11.9. The Morgan fingerprint density at radius 1 is 0.935 bits per heavy atom. The molecule has 0 radical (unpaired) electrons. The number of amides is 1. The summed E-state index contributed by atoms with van der Waals surface area (Å²) in [6, 6.07) is 15.1. The molecule has 5 nitrogen and oxygen atoms in total. The van der Waals surface area contributed by atoms with Crippen LogP contribution in [0.1, 0.15) is 55.6 Å². The maximum atomic E-state index is 11.9. The van der Waals surface area contributed by atoms with E-state index >= 15 is 0 Å². The van der Waals surface area contributed by atoms with Crippen LogP contribution in [0.15, 0.2) is 48.5 Å². The Hall–Kier alpha value is -2.66. The molecule has 0 saturated carbocycles. The molecule has 1 N–H and O–H groups in total. The van der Waals surface area contributed by atoms with E-state index in [0.29, 0.717) is 24.6 Å². The smallest absolute Gasteiger partial charge is 0.338 e. The minimum absolute atomic E-state index is 0.0612. The van der Waals surface area contributed by atoms with Crippen molar-refractivity contribution in [1.82, 2.24) is 4.90 Å². The van der Waals surface area contributed by atoms with Crippen molar-refractivity contribution in [2.75, 3.05) is 31.6 Å². The predicted octanol–water partition coefficient (Wildman–Crippen LogP) is 5.47. The molecule has 0 fully saturated rings. The third-order valence-electron chi connectivity index (χ3n) is 4.95. The van der Waals surface area contributed by atoms with Gasteiger partial charge in [0, 0.05) is 5.69 Å². The van der Waals surface area contributed by atoms with E-state index in [1.54, 1.807) is 12.1 Å². The van der Waals surface area contributed by atoms with Gasteiger partial charge in [-0.3, -0.25) is 9.69 Å². The lowest BCUT2D eigenvalue weighted by molar-refractivity contribution is -0.117. The van der Waals surface area contributed by atoms with Gasteiger partial charge in [0.1, 0.15) is 0 Å². The molecule has 0 aliphatic carbocycles. The van der Waals surface area contributed by atoms with E-state index in [-0.39, 0.29) is 11.9 Å². The highest BCUT2D eigenvalue weighted by atomic mass is 16.5. The summed E-state index contributed by atoms with van der Waals surface area (Å²) >= 11 is 0. The molecule has 2 aromatic rings. The van der Waals surface area contributed by atoms with Gasteiger partial charge in [0.15, 0.2) is 0 Å². The second-order valence-electron chi connectivity index (χ2n) is 7.96. The van der Waals surface area contributed by atoms with Crippen molar-refractivity contribution < 1.29 is 14.3 Å². The number of benzene rings is 2. The molecule has 0 aromatic heterocycles. The first kappa shape index (κ1) is 26.4. The number of nitrogens with one attached hydrogen (secondary N) is 1. The number of likely N-dealkylation sites (N-methyl/N-ethyl adjacent to an activating group) is 1. The number of hydrogen-bond acceptors (Lipinski definition) is 4. The van der Waals surface area contributed by atoms with Crippen LogP contribution in [0.25, 0.3) is 0 Å². The number of esters is 1. The molecule has 2 rings (SSSR count). The molecule has 2 aromatic carbocycles. The molecule has 0 spiro atoms. The van der Waals surface area contributed by atoms with Crippen LogP contribution in [0.2, 0.25) is 0 Å². The molecule has 0 bridgehead atoms. The van der Waals surface area contributed by atoms with Gasteiger partial charge in [-0.2, -0.15) is 0 Å². The minimum atomic E-state index is -0.230. The number of rotatable bonds is 9. The van der Waals surface area contributed by atoms with Gasteiger partial charge >= 0.3 is 5.97 Å². The lowest BCUT2D eigenvalue weighted by Crippen LogP contribution is -2.33. The largest absolute Gasteiger partial charge is 0.462 e. The van der Waals surface area contributed by atoms with Gasteiger partial charge < -0.3 is 10.1 Å². The Bertz CT molecular complexity index is 779. The molecular weight excluding hydrogens is 388 g/mol. The van der Waals surface area contributed by atoms with Crippen LogP contribution in [0.3, 0.4) is 0 Å². The first-order valence-corrected chi connectivity index (χ1v) is 11.1. The van der Waals surface area contributed by atoms with Crippen LogP contribution in [-0.4, -0.2) is 43.0 Å². The summed E-state index contributed by atoms with van der Waals surface area (Å²) in [5, 5.41) is 3.00. The Morgan fingerprint density at radius 3 is 2.03 bits per heavy atom. The third kappa shape index (κ3) is 10.3. The minimum Gasteiger partial charge on any atom is -0.462 e. The SMILES string of the molecule is CC(C)CCOC(=O)c1ccccc1.CCN(CC)CC(=O)Nc1c(C)cccc1C. The summed E-state index contributed by atoms with van der Waals surface area (Å²) in [7, 11) is 0. The van der Waals surface area contributed by atoms with Crippen molar-refractivity contribution >= 4 is 17.6 Å². The average Bonchev–Trinajstić information content (AvgIpc) is 2.75. The van der Waals surface area contributed by atoms with E-state index < -0.39 is 0 Å². The number of nitrogens with zero attached hydrogens (tertiary/aromatic N) is 1. The average molecular weight is 427 g/mol. The van der Waals surface area contributed by atoms with Gasteiger partial charge in [0.05, 0.1) is 18.7 Å². The summed E-state index contributed by atoms with van der Waals surface area (Å²) in [4.78, 5) is 25.4. The normalized spacial score (nSPS) is 10.5. The van der Waals surface area contributed by atoms with Crippen LogP contribution < -0.4 is 5.32 Å². The van der Waals surface area contributed by atoms with Crippen LogP contribution in [0.5, 0.6) is 0 Å². The molecule has 0 unspecified atom stereocenters. The first-order valence-electron chi connectivity index (χ1n) is 11.1. The Kier molecular flexibility index (Phi) is 12.2. The van der Waals surface area contributed by atoms with E-state index in [1.807, 2.05) is 50.2 Å². The Balaban J connectivity index is 0.000000316. The van der Waals surface area contributed by atoms with Gasteiger partial charge in [-0.15, -0.1) is 0 Å². The number of carbonyl (C=O) groups excluding carboxylic acids is 2. The quantitative estimate of drug-likeness (QED) is 0.540. The zero-order chi connectivity index (χ0) is 23.2. The standard InChI is InChI=1S/C14H22N2O.C12H16O2/c1-5-16(6-2)10-13(17)15-14-11(3)8-7-9-12(14)4;1-10(2)8-9-14-12(13)11-6-4-3-5-7-11/h7-9H,5-6,10H2,1-4H3,(H,15,17);3-7,10H,8-9H2,1-2H3. The van der Waals surface area contributed by atoms with Crippen molar-refractivity contribution in [2.24, 2.45) is 5.92 Å². The van der Waals surface area contributed by atoms with Gasteiger partial charge in [0.25, 0.3) is 0 Å². The van der Waals surface area contributed by atoms with Crippen molar-refractivity contribution in [1.29, 1.82) is 0 Å². The summed E-state index contributed by atoms with van der Waals surface area (Å²) < 4.78 is 5.10. The Labute approximate surface area is 187 Å². The highest BCUT2D eigenvalue weighted by Crippen LogP contribution is 2.19. The van der Waals surface area contributed by atoms with Crippen LogP contribution in [0, 0.1) is 19.8 Å². The lowest BCUT2D eigenvalue weighted by Gasteiger charge is -2.18. The van der Waals surface area contributed by atoms with E-state index in [4.69, 9.17) is 4.74 Å². The van der Waals surface area contributed by atoms with Crippen LogP contribution >= 0.6 is 0 Å². The Morgan fingerprint density at radius 2 is 1.52 bits per heavy atom. The van der Waals surface area contributed by atoms with Crippen LogP contribution in [0.4, 0.5) is 5.69 Å². The fourth-order valence-electron chi connectivity index (χ4n) is 2.89. The molecular formula is C26H38N2O3. The van der Waals surface area contributed by atoms with Gasteiger partial charge in [-0.1, -0.05) is 64.1 Å². The molecule has 170 valence electrons. The fourth-order valence-corrected chi connectivity index (χ4v) is 2.89. The zero-order valence-corrected chi connectivity index (χ0v) is 19.9. The second-order valence-corrected chi connectivity index (χ2v) is 7.96. The molecule has 0 aliphatic rings. The molecule has 5 heteroatoms. The number of carbonyl (C=O) groups is 2. The highest BCUT2D eigenvalue weighted by molar-refractivity contribution is 5.93. The predicted molar refractivity (Wildman–Crippen MR) is 129 cm³/mol. The zero-order valence-electron chi connectivity index (χ0n) is 19.9. The monoisotopic (exact) mass is 426 g/mol. The molecule has 0 saturated heterocycles. The lowest BCUT2D eigenvalue weighted by atomic mass is 10.1. The van der Waals surface area contributed by atoms with E-state index in [2.05, 4.69) is 37.9 Å². The van der Waals surface area contributed by atoms with Gasteiger partial charge in [-0.05, 0) is 62.5 Å². The molecule has 0 atom stereocenters. The summed E-state index contributed by atoms with van der Waals surface area (Å²) in [5.41, 5.74) is 3.79. The third-order valence-corrected chi connectivity index (χ3v) is 4.95. The van der Waals surface area contributed by atoms with Crippen molar-refractivity contribution in [3.05, 3.63) is 65.2 Å². The number of para-hydroxylation sites is 1. The molecule has 0 heterocycles. The summed E-state index contributed by atoms with van der Waals surface area (Å²) in [5.74, 6) is 0.399. The fraction of sp³-hybridized carbons (Fsp3) is 0.462. The highest BCUT2D eigenvalue weighted by Gasteiger charge is 2.10. The van der Waals surface area contributed by atoms with Crippen molar-refractivity contribution in [2.45, 2.75) is 48.0 Å².